The Labute approximate surface area is 145 Å². The van der Waals surface area contributed by atoms with Gasteiger partial charge in [0.2, 0.25) is 5.91 Å². The first-order valence-corrected chi connectivity index (χ1v) is 8.20. The Morgan fingerprint density at radius 1 is 1.40 bits per heavy atom. The van der Waals surface area contributed by atoms with Crippen molar-refractivity contribution in [2.75, 3.05) is 18.5 Å². The van der Waals surface area contributed by atoms with E-state index in [0.29, 0.717) is 31.1 Å². The number of rotatable bonds is 5. The quantitative estimate of drug-likeness (QED) is 0.902. The van der Waals surface area contributed by atoms with E-state index >= 15 is 0 Å². The highest BCUT2D eigenvalue weighted by Crippen LogP contribution is 2.25. The van der Waals surface area contributed by atoms with Crippen LogP contribution in [0.2, 0.25) is 0 Å². The number of nitrogens with zero attached hydrogens (tertiary/aromatic N) is 2. The Kier molecular flexibility index (Phi) is 4.74. The number of cyclic esters (lactones) is 1. The maximum Gasteiger partial charge on any atom is 0.410 e. The van der Waals surface area contributed by atoms with Crippen LogP contribution in [-0.4, -0.2) is 35.2 Å². The van der Waals surface area contributed by atoms with Crippen molar-refractivity contribution in [2.24, 2.45) is 0 Å². The molecule has 1 atom stereocenters. The van der Waals surface area contributed by atoms with Gasteiger partial charge in [-0.15, -0.1) is 0 Å². The molecule has 1 saturated heterocycles. The van der Waals surface area contributed by atoms with E-state index in [9.17, 15) is 9.59 Å². The largest absolute Gasteiger partial charge is 0.448 e. The number of aromatic nitrogens is 1. The summed E-state index contributed by atoms with van der Waals surface area (Å²) >= 11 is 0. The second-order valence-electron chi connectivity index (χ2n) is 6.19. The highest BCUT2D eigenvalue weighted by atomic mass is 16.6. The van der Waals surface area contributed by atoms with E-state index in [1.165, 1.54) is 0 Å². The van der Waals surface area contributed by atoms with Gasteiger partial charge in [0.25, 0.3) is 0 Å². The predicted octanol–water partition coefficient (Wildman–Crippen LogP) is 2.99. The number of hydrogen-bond donors (Lipinski definition) is 1. The van der Waals surface area contributed by atoms with Crippen LogP contribution < -0.4 is 5.32 Å². The minimum Gasteiger partial charge on any atom is -0.448 e. The molecule has 25 heavy (non-hydrogen) atoms. The van der Waals surface area contributed by atoms with E-state index in [-0.39, 0.29) is 17.9 Å². The summed E-state index contributed by atoms with van der Waals surface area (Å²) in [7, 11) is 0. The van der Waals surface area contributed by atoms with Gasteiger partial charge in [0.1, 0.15) is 12.4 Å². The van der Waals surface area contributed by atoms with Gasteiger partial charge in [-0.1, -0.05) is 17.3 Å². The number of anilines is 1. The molecule has 1 aromatic heterocycles. The molecule has 1 N–H and O–H groups in total. The third-order valence-corrected chi connectivity index (χ3v) is 4.33. The average molecular weight is 343 g/mol. The lowest BCUT2D eigenvalue weighted by atomic mass is 9.98. The molecule has 1 aliphatic heterocycles. The summed E-state index contributed by atoms with van der Waals surface area (Å²) in [5.41, 5.74) is 3.16. The molecule has 2 aromatic rings. The second-order valence-corrected chi connectivity index (χ2v) is 6.19. The van der Waals surface area contributed by atoms with Crippen molar-refractivity contribution in [1.29, 1.82) is 0 Å². The first-order chi connectivity index (χ1) is 12.0. The molecule has 2 amide bonds. The van der Waals surface area contributed by atoms with Gasteiger partial charge < -0.3 is 19.5 Å². The Hall–Kier alpha value is -2.83. The molecule has 7 heteroatoms. The minimum absolute atomic E-state index is 0.132. The van der Waals surface area contributed by atoms with Crippen molar-refractivity contribution in [3.63, 3.8) is 0 Å². The fraction of sp³-hybridized carbons (Fsp3) is 0.389. The van der Waals surface area contributed by atoms with E-state index in [1.54, 1.807) is 11.8 Å². The molecule has 0 bridgehead atoms. The van der Waals surface area contributed by atoms with Gasteiger partial charge >= 0.3 is 6.09 Å². The molecule has 0 unspecified atom stereocenters. The molecule has 1 aliphatic rings. The number of hydrogen-bond acceptors (Lipinski definition) is 5. The molecule has 2 heterocycles. The van der Waals surface area contributed by atoms with Crippen molar-refractivity contribution < 1.29 is 18.8 Å². The van der Waals surface area contributed by atoms with Crippen LogP contribution in [0.15, 0.2) is 28.8 Å². The third-order valence-electron chi connectivity index (χ3n) is 4.33. The van der Waals surface area contributed by atoms with E-state index in [1.807, 2.05) is 38.1 Å². The Morgan fingerprint density at radius 3 is 2.84 bits per heavy atom. The van der Waals surface area contributed by atoms with Crippen molar-refractivity contribution in [3.05, 3.63) is 46.8 Å². The van der Waals surface area contributed by atoms with Crippen molar-refractivity contribution >= 4 is 17.7 Å². The monoisotopic (exact) mass is 343 g/mol. The van der Waals surface area contributed by atoms with E-state index < -0.39 is 0 Å². The Balaban J connectivity index is 1.69. The minimum atomic E-state index is -0.372. The molecule has 1 aromatic carbocycles. The van der Waals surface area contributed by atoms with Crippen LogP contribution in [0.25, 0.3) is 0 Å². The molecule has 0 radical (unpaired) electrons. The van der Waals surface area contributed by atoms with E-state index in [0.717, 1.165) is 16.8 Å². The fourth-order valence-electron chi connectivity index (χ4n) is 3.03. The lowest BCUT2D eigenvalue weighted by Gasteiger charge is -2.15. The Bertz CT molecular complexity index is 780. The van der Waals surface area contributed by atoms with Gasteiger partial charge in [-0.05, 0) is 38.5 Å². The summed E-state index contributed by atoms with van der Waals surface area (Å²) in [6.45, 7) is 6.91. The molecule has 3 rings (SSSR count). The zero-order valence-corrected chi connectivity index (χ0v) is 14.5. The van der Waals surface area contributed by atoms with Crippen LogP contribution in [0.3, 0.4) is 0 Å². The van der Waals surface area contributed by atoms with Crippen molar-refractivity contribution in [2.45, 2.75) is 33.2 Å². The van der Waals surface area contributed by atoms with Gasteiger partial charge in [0, 0.05) is 17.8 Å². The van der Waals surface area contributed by atoms with Crippen LogP contribution in [0.1, 0.15) is 35.4 Å². The van der Waals surface area contributed by atoms with Gasteiger partial charge in [-0.2, -0.15) is 0 Å². The molecule has 132 valence electrons. The molecule has 1 fully saturated rings. The van der Waals surface area contributed by atoms with Crippen LogP contribution in [0.5, 0.6) is 0 Å². The van der Waals surface area contributed by atoms with Crippen LogP contribution in [-0.2, 0) is 16.1 Å². The molecular weight excluding hydrogens is 322 g/mol. The zero-order chi connectivity index (χ0) is 18.0. The highest BCUT2D eigenvalue weighted by Gasteiger charge is 2.24. The topological polar surface area (TPSA) is 84.7 Å². The third kappa shape index (κ3) is 3.65. The highest BCUT2D eigenvalue weighted by molar-refractivity contribution is 5.95. The average Bonchev–Trinajstić information content (AvgIpc) is 3.13. The van der Waals surface area contributed by atoms with E-state index in [4.69, 9.17) is 9.26 Å². The van der Waals surface area contributed by atoms with Crippen LogP contribution in [0.4, 0.5) is 10.5 Å². The first-order valence-electron chi connectivity index (χ1n) is 8.20. The normalized spacial score (nSPS) is 15.2. The molecule has 0 aliphatic carbocycles. The van der Waals surface area contributed by atoms with Gasteiger partial charge in [0.05, 0.1) is 18.2 Å². The van der Waals surface area contributed by atoms with Crippen molar-refractivity contribution in [3.8, 4) is 0 Å². The van der Waals surface area contributed by atoms with E-state index in [2.05, 4.69) is 10.5 Å². The molecular formula is C18H21N3O4. The lowest BCUT2D eigenvalue weighted by molar-refractivity contribution is -0.117. The second kappa shape index (κ2) is 6.96. The maximum atomic E-state index is 12.6. The summed E-state index contributed by atoms with van der Waals surface area (Å²) in [4.78, 5) is 25.7. The number of nitrogens with one attached hydrogen (secondary N) is 1. The number of amides is 2. The standard InChI is InChI=1S/C18H21N3O4/c1-11(16-12(2)20-25-13(16)3)17(22)19-15-6-4-5-14(9-15)10-21-7-8-24-18(21)23/h4-6,9,11H,7-8,10H2,1-3H3,(H,19,22)/t11-/m1/s1. The number of carbonyl (C=O) groups is 2. The number of ether oxygens (including phenoxy) is 1. The maximum absolute atomic E-state index is 12.6. The molecule has 0 saturated carbocycles. The summed E-state index contributed by atoms with van der Waals surface area (Å²) in [5, 5.41) is 6.82. The van der Waals surface area contributed by atoms with Crippen molar-refractivity contribution in [1.82, 2.24) is 10.1 Å². The number of carbonyl (C=O) groups excluding carboxylic acids is 2. The summed E-state index contributed by atoms with van der Waals surface area (Å²) in [5.74, 6) is 0.150. The predicted molar refractivity (Wildman–Crippen MR) is 91.2 cm³/mol. The molecule has 7 nitrogen and oxygen atoms in total. The SMILES string of the molecule is Cc1noc(C)c1[C@@H](C)C(=O)Nc1cccc(CN2CCOC2=O)c1. The smallest absolute Gasteiger partial charge is 0.410 e. The zero-order valence-electron chi connectivity index (χ0n) is 14.5. The van der Waals surface area contributed by atoms with Crippen LogP contribution >= 0.6 is 0 Å². The number of aryl methyl sites for hydroxylation is 2. The summed E-state index contributed by atoms with van der Waals surface area (Å²) in [6, 6.07) is 7.46. The summed E-state index contributed by atoms with van der Waals surface area (Å²) in [6.07, 6.45) is -0.304. The van der Waals surface area contributed by atoms with Gasteiger partial charge in [0.15, 0.2) is 0 Å². The van der Waals surface area contributed by atoms with Gasteiger partial charge in [-0.3, -0.25) is 4.79 Å². The molecule has 0 spiro atoms. The Morgan fingerprint density at radius 2 is 2.20 bits per heavy atom. The summed E-state index contributed by atoms with van der Waals surface area (Å²) < 4.78 is 10.1. The fourth-order valence-corrected chi connectivity index (χ4v) is 3.03. The van der Waals surface area contributed by atoms with Gasteiger partial charge in [-0.25, -0.2) is 4.79 Å². The first kappa shape index (κ1) is 17.0. The number of benzene rings is 1. The van der Waals surface area contributed by atoms with Crippen LogP contribution in [0, 0.1) is 13.8 Å². The lowest BCUT2D eigenvalue weighted by Crippen LogP contribution is -2.23.